The number of nitrogens with one attached hydrogen (secondary N) is 2. The normalized spacial score (nSPS) is 17.9. The minimum atomic E-state index is -1.55. The number of fused-ring (bicyclic) bond motifs is 2. The Bertz CT molecular complexity index is 1290. The van der Waals surface area contributed by atoms with Crippen molar-refractivity contribution in [2.75, 3.05) is 36.7 Å². The number of nitrogens with zero attached hydrogens (tertiary/aromatic N) is 3. The molecule has 33 heavy (non-hydrogen) atoms. The Kier molecular flexibility index (Phi) is 5.54. The summed E-state index contributed by atoms with van der Waals surface area (Å²) in [6, 6.07) is 9.74. The van der Waals surface area contributed by atoms with Crippen molar-refractivity contribution in [3.8, 4) is 0 Å². The molecule has 3 aromatic rings. The lowest BCUT2D eigenvalue weighted by molar-refractivity contribution is -0.141. The number of carboxylic acid groups (broad SMARTS) is 1. The van der Waals surface area contributed by atoms with E-state index in [1.807, 2.05) is 0 Å². The Labute approximate surface area is 197 Å². The number of carboxylic acids is 1. The van der Waals surface area contributed by atoms with Crippen LogP contribution in [0.3, 0.4) is 0 Å². The molecular weight excluding hydrogens is 468 g/mol. The number of aromatic nitrogens is 1. The van der Waals surface area contributed by atoms with Crippen LogP contribution >= 0.6 is 22.9 Å². The van der Waals surface area contributed by atoms with Gasteiger partial charge in [-0.25, -0.2) is 9.78 Å². The van der Waals surface area contributed by atoms with Gasteiger partial charge in [-0.2, -0.15) is 0 Å². The van der Waals surface area contributed by atoms with Gasteiger partial charge in [0.15, 0.2) is 11.0 Å². The topological polar surface area (TPSA) is 141 Å². The van der Waals surface area contributed by atoms with Gasteiger partial charge >= 0.3 is 5.97 Å². The second kappa shape index (κ2) is 8.09. The number of aromatic carboxylic acids is 1. The standard InChI is InChI=1S/C21H21ClN6O4S/c1-27(2)18(30)16(17(23)29)21(26-20-24-12-6-5-11(22)9-15(12)33-20)25-13-8-10(19(31)32)4-7-14(13)28(21)3/h4-9,16,25H,1-3H3,(H2,23,29)(H,24,26)(H,31,32). The molecule has 0 saturated heterocycles. The number of benzene rings is 2. The first-order valence-corrected chi connectivity index (χ1v) is 11.0. The molecule has 2 aromatic carbocycles. The first-order chi connectivity index (χ1) is 15.5. The Hall–Kier alpha value is -3.57. The summed E-state index contributed by atoms with van der Waals surface area (Å²) < 4.78 is 0.807. The molecule has 0 radical (unpaired) electrons. The number of primary amides is 1. The highest BCUT2D eigenvalue weighted by Crippen LogP contribution is 2.44. The fraction of sp³-hybridized carbons (Fsp3) is 0.238. The predicted octanol–water partition coefficient (Wildman–Crippen LogP) is 2.47. The molecule has 2 amide bonds. The first-order valence-electron chi connectivity index (χ1n) is 9.77. The molecule has 2 atom stereocenters. The van der Waals surface area contributed by atoms with E-state index in [4.69, 9.17) is 17.3 Å². The zero-order valence-electron chi connectivity index (χ0n) is 17.9. The van der Waals surface area contributed by atoms with Gasteiger partial charge in [0.2, 0.25) is 17.6 Å². The molecule has 172 valence electrons. The van der Waals surface area contributed by atoms with Crippen LogP contribution in [0.5, 0.6) is 0 Å². The molecule has 4 rings (SSSR count). The summed E-state index contributed by atoms with van der Waals surface area (Å²) in [6.45, 7) is 0. The fourth-order valence-corrected chi connectivity index (χ4v) is 5.07. The number of anilines is 3. The average molecular weight is 489 g/mol. The third-order valence-corrected chi connectivity index (χ3v) is 6.67. The Morgan fingerprint density at radius 1 is 1.27 bits per heavy atom. The van der Waals surface area contributed by atoms with Crippen LogP contribution in [0.2, 0.25) is 5.02 Å². The number of hydrogen-bond acceptors (Lipinski definition) is 8. The zero-order valence-corrected chi connectivity index (χ0v) is 19.5. The molecule has 0 saturated carbocycles. The zero-order chi connectivity index (χ0) is 24.1. The van der Waals surface area contributed by atoms with E-state index in [1.54, 1.807) is 36.2 Å². The monoisotopic (exact) mass is 488 g/mol. The van der Waals surface area contributed by atoms with Gasteiger partial charge in [-0.15, -0.1) is 0 Å². The maximum absolute atomic E-state index is 13.1. The van der Waals surface area contributed by atoms with Crippen LogP contribution in [0.4, 0.5) is 16.5 Å². The number of carbonyl (C=O) groups excluding carboxylic acids is 2. The van der Waals surface area contributed by atoms with Crippen LogP contribution in [-0.4, -0.2) is 59.7 Å². The van der Waals surface area contributed by atoms with E-state index < -0.39 is 29.5 Å². The van der Waals surface area contributed by atoms with Crippen molar-refractivity contribution in [3.63, 3.8) is 0 Å². The highest BCUT2D eigenvalue weighted by molar-refractivity contribution is 7.22. The van der Waals surface area contributed by atoms with Gasteiger partial charge in [-0.05, 0) is 36.4 Å². The summed E-state index contributed by atoms with van der Waals surface area (Å²) in [4.78, 5) is 44.8. The molecule has 12 heteroatoms. The quantitative estimate of drug-likeness (QED) is 0.388. The van der Waals surface area contributed by atoms with Crippen LogP contribution in [0.15, 0.2) is 36.4 Å². The lowest BCUT2D eigenvalue weighted by atomic mass is 9.96. The molecule has 1 aromatic heterocycles. The Balaban J connectivity index is 1.87. The third kappa shape index (κ3) is 3.79. The van der Waals surface area contributed by atoms with E-state index in [0.29, 0.717) is 27.0 Å². The van der Waals surface area contributed by atoms with Gasteiger partial charge in [0.1, 0.15) is 0 Å². The van der Waals surface area contributed by atoms with E-state index in [9.17, 15) is 19.5 Å². The van der Waals surface area contributed by atoms with Crippen molar-refractivity contribution >= 4 is 67.4 Å². The van der Waals surface area contributed by atoms with Crippen molar-refractivity contribution in [2.45, 2.75) is 5.79 Å². The van der Waals surface area contributed by atoms with Crippen LogP contribution in [0.1, 0.15) is 10.4 Å². The van der Waals surface area contributed by atoms with E-state index in [1.165, 1.54) is 42.5 Å². The highest BCUT2D eigenvalue weighted by Gasteiger charge is 2.55. The summed E-state index contributed by atoms with van der Waals surface area (Å²) in [5.74, 6) is -5.45. The Morgan fingerprint density at radius 2 is 2.00 bits per heavy atom. The van der Waals surface area contributed by atoms with E-state index >= 15 is 0 Å². The maximum Gasteiger partial charge on any atom is 0.335 e. The molecule has 10 nitrogen and oxygen atoms in total. The number of halogens is 1. The van der Waals surface area contributed by atoms with Gasteiger partial charge in [0.05, 0.1) is 27.2 Å². The summed E-state index contributed by atoms with van der Waals surface area (Å²) >= 11 is 7.39. The van der Waals surface area contributed by atoms with Gasteiger partial charge in [0.25, 0.3) is 0 Å². The molecule has 5 N–H and O–H groups in total. The van der Waals surface area contributed by atoms with Crippen LogP contribution in [0, 0.1) is 5.92 Å². The minimum Gasteiger partial charge on any atom is -0.478 e. The fourth-order valence-electron chi connectivity index (χ4n) is 3.87. The number of hydrogen-bond donors (Lipinski definition) is 4. The molecule has 0 spiro atoms. The van der Waals surface area contributed by atoms with Gasteiger partial charge < -0.3 is 31.3 Å². The SMILES string of the molecule is CN(C)C(=O)C(C(N)=O)C1(Nc2nc3ccc(Cl)cc3s2)Nc2cc(C(=O)O)ccc2N1C. The molecule has 2 heterocycles. The molecule has 0 bridgehead atoms. The third-order valence-electron chi connectivity index (χ3n) is 5.50. The Morgan fingerprint density at radius 3 is 2.64 bits per heavy atom. The molecule has 0 fully saturated rings. The van der Waals surface area contributed by atoms with Crippen LogP contribution in [-0.2, 0) is 9.59 Å². The maximum atomic E-state index is 13.1. The summed E-state index contributed by atoms with van der Waals surface area (Å²) in [5, 5.41) is 16.7. The van der Waals surface area contributed by atoms with E-state index in [2.05, 4.69) is 15.6 Å². The summed E-state index contributed by atoms with van der Waals surface area (Å²) in [5.41, 5.74) is 7.48. The van der Waals surface area contributed by atoms with Crippen molar-refractivity contribution < 1.29 is 19.5 Å². The van der Waals surface area contributed by atoms with Crippen molar-refractivity contribution in [1.82, 2.24) is 9.88 Å². The average Bonchev–Trinajstić information content (AvgIpc) is 3.25. The van der Waals surface area contributed by atoms with Gasteiger partial charge in [-0.3, -0.25) is 9.59 Å². The molecule has 1 aliphatic rings. The second-order valence-corrected chi connectivity index (χ2v) is 9.28. The largest absolute Gasteiger partial charge is 0.478 e. The van der Waals surface area contributed by atoms with Crippen LogP contribution in [0.25, 0.3) is 10.2 Å². The first kappa shape index (κ1) is 22.6. The number of amides is 2. The second-order valence-electron chi connectivity index (χ2n) is 7.81. The van der Waals surface area contributed by atoms with Crippen molar-refractivity contribution in [3.05, 3.63) is 47.0 Å². The highest BCUT2D eigenvalue weighted by atomic mass is 35.5. The number of thiazole rings is 1. The van der Waals surface area contributed by atoms with Crippen LogP contribution < -0.4 is 21.3 Å². The van der Waals surface area contributed by atoms with Crippen molar-refractivity contribution in [2.24, 2.45) is 11.7 Å². The molecular formula is C21H21ClN6O4S. The lowest BCUT2D eigenvalue weighted by Gasteiger charge is -2.42. The molecule has 0 aliphatic carbocycles. The smallest absolute Gasteiger partial charge is 0.335 e. The molecule has 1 aliphatic heterocycles. The summed E-state index contributed by atoms with van der Waals surface area (Å²) in [6.07, 6.45) is 0. The predicted molar refractivity (Wildman–Crippen MR) is 128 cm³/mol. The lowest BCUT2D eigenvalue weighted by Crippen LogP contribution is -2.67. The van der Waals surface area contributed by atoms with Gasteiger partial charge in [0, 0.05) is 26.2 Å². The number of nitrogens with two attached hydrogens (primary N) is 1. The van der Waals surface area contributed by atoms with E-state index in [-0.39, 0.29) is 5.56 Å². The van der Waals surface area contributed by atoms with Gasteiger partial charge in [-0.1, -0.05) is 22.9 Å². The van der Waals surface area contributed by atoms with Crippen molar-refractivity contribution in [1.29, 1.82) is 0 Å². The minimum absolute atomic E-state index is 0.0506. The molecule has 2 unspecified atom stereocenters. The number of rotatable bonds is 6. The number of carbonyl (C=O) groups is 3. The summed E-state index contributed by atoms with van der Waals surface area (Å²) in [7, 11) is 4.72. The van der Waals surface area contributed by atoms with E-state index in [0.717, 1.165) is 4.70 Å².